The van der Waals surface area contributed by atoms with Crippen LogP contribution in [0.4, 0.5) is 0 Å². The van der Waals surface area contributed by atoms with Gasteiger partial charge in [0.2, 0.25) is 0 Å². The van der Waals surface area contributed by atoms with Gasteiger partial charge in [-0.05, 0) is 76.0 Å². The molecule has 0 amide bonds. The minimum absolute atomic E-state index is 0.0212. The smallest absolute Gasteiger partial charge is 0.339 e. The molecule has 0 heterocycles. The Bertz CT molecular complexity index is 1210. The van der Waals surface area contributed by atoms with Crippen LogP contribution in [0.2, 0.25) is 0 Å². The van der Waals surface area contributed by atoms with E-state index < -0.39 is 17.9 Å². The van der Waals surface area contributed by atoms with E-state index in [0.717, 1.165) is 19.3 Å². The van der Waals surface area contributed by atoms with Crippen molar-refractivity contribution in [3.63, 3.8) is 0 Å². The molecule has 57 heavy (non-hydrogen) atoms. The Balaban J connectivity index is 2.60. The van der Waals surface area contributed by atoms with Crippen LogP contribution in [-0.2, 0) is 14.2 Å². The Morgan fingerprint density at radius 2 is 0.667 bits per heavy atom. The van der Waals surface area contributed by atoms with E-state index in [0.29, 0.717) is 19.3 Å². The van der Waals surface area contributed by atoms with E-state index in [2.05, 4.69) is 51.2 Å². The Morgan fingerprint density at radius 1 is 0.368 bits per heavy atom. The Kier molecular flexibility index (Phi) is 36.1. The van der Waals surface area contributed by atoms with Crippen LogP contribution < -0.4 is 0 Å². The molecule has 0 unspecified atom stereocenters. The van der Waals surface area contributed by atoms with Crippen molar-refractivity contribution in [1.82, 2.24) is 0 Å². The van der Waals surface area contributed by atoms with Crippen LogP contribution in [0.25, 0.3) is 0 Å². The van der Waals surface area contributed by atoms with Crippen molar-refractivity contribution in [2.45, 2.75) is 213 Å². The molecule has 0 saturated heterocycles. The van der Waals surface area contributed by atoms with E-state index in [-0.39, 0.29) is 36.5 Å². The number of allylic oxidation sites excluding steroid dienone is 3. The molecule has 0 saturated carbocycles. The third kappa shape index (κ3) is 30.6. The van der Waals surface area contributed by atoms with Crippen molar-refractivity contribution in [1.29, 1.82) is 0 Å². The molecule has 1 aromatic rings. The van der Waals surface area contributed by atoms with Crippen molar-refractivity contribution in [2.75, 3.05) is 19.8 Å². The second-order valence-electron chi connectivity index (χ2n) is 15.7. The fourth-order valence-electron chi connectivity index (χ4n) is 6.81. The molecule has 0 spiro atoms. The fourth-order valence-corrected chi connectivity index (χ4v) is 6.81. The van der Waals surface area contributed by atoms with Gasteiger partial charge in [-0.2, -0.15) is 0 Å². The van der Waals surface area contributed by atoms with Crippen molar-refractivity contribution < 1.29 is 28.6 Å². The van der Waals surface area contributed by atoms with E-state index in [4.69, 9.17) is 14.2 Å². The molecule has 0 aromatic heterocycles. The number of hydrogen-bond donors (Lipinski definition) is 0. The van der Waals surface area contributed by atoms with Gasteiger partial charge in [-0.3, -0.25) is 0 Å². The SMILES string of the molecule is CCCCCCCCCC/C=C/CCOC(=O)c1ccc(C(=O)OCC/C=C/CCCCCCCCCC)c(C(=O)OCC/C=C/CCCCCCCCCC)c1. The normalized spacial score (nSPS) is 11.6. The van der Waals surface area contributed by atoms with Gasteiger partial charge < -0.3 is 14.2 Å². The molecule has 0 atom stereocenters. The molecule has 0 fully saturated rings. The van der Waals surface area contributed by atoms with Crippen LogP contribution >= 0.6 is 0 Å². The average Bonchev–Trinajstić information content (AvgIpc) is 3.22. The summed E-state index contributed by atoms with van der Waals surface area (Å²) in [4.78, 5) is 39.4. The number of carbonyl (C=O) groups excluding carboxylic acids is 3. The number of carbonyl (C=O) groups is 3. The summed E-state index contributed by atoms with van der Waals surface area (Å²) < 4.78 is 16.6. The summed E-state index contributed by atoms with van der Waals surface area (Å²) in [6, 6.07) is 4.40. The average molecular weight is 793 g/mol. The topological polar surface area (TPSA) is 78.9 Å². The summed E-state index contributed by atoms with van der Waals surface area (Å²) in [7, 11) is 0. The lowest BCUT2D eigenvalue weighted by molar-refractivity contribution is 0.0461. The van der Waals surface area contributed by atoms with E-state index in [1.165, 1.54) is 172 Å². The minimum Gasteiger partial charge on any atom is -0.462 e. The second-order valence-corrected chi connectivity index (χ2v) is 15.7. The number of esters is 3. The lowest BCUT2D eigenvalue weighted by atomic mass is 10.0. The van der Waals surface area contributed by atoms with Gasteiger partial charge in [0.25, 0.3) is 0 Å². The summed E-state index contributed by atoms with van der Waals surface area (Å²) in [5.74, 6) is -1.79. The zero-order valence-corrected chi connectivity index (χ0v) is 37.0. The number of hydrogen-bond acceptors (Lipinski definition) is 6. The van der Waals surface area contributed by atoms with Crippen LogP contribution in [-0.4, -0.2) is 37.7 Å². The van der Waals surface area contributed by atoms with E-state index >= 15 is 0 Å². The van der Waals surface area contributed by atoms with Gasteiger partial charge in [0, 0.05) is 0 Å². The fraction of sp³-hybridized carbons (Fsp3) is 0.706. The molecule has 0 radical (unpaired) electrons. The predicted octanol–water partition coefficient (Wildman–Crippen LogP) is 15.6. The van der Waals surface area contributed by atoms with Crippen LogP contribution in [0.3, 0.4) is 0 Å². The third-order valence-electron chi connectivity index (χ3n) is 10.4. The highest BCUT2D eigenvalue weighted by atomic mass is 16.5. The van der Waals surface area contributed by atoms with E-state index in [1.807, 2.05) is 6.08 Å². The molecule has 1 aromatic carbocycles. The highest BCUT2D eigenvalue weighted by Gasteiger charge is 2.22. The van der Waals surface area contributed by atoms with Crippen LogP contribution in [0, 0.1) is 0 Å². The van der Waals surface area contributed by atoms with Gasteiger partial charge in [0.1, 0.15) is 0 Å². The Hall–Kier alpha value is -3.15. The minimum atomic E-state index is -0.651. The third-order valence-corrected chi connectivity index (χ3v) is 10.4. The number of rotatable bonds is 39. The standard InChI is InChI=1S/C51H84O6/c1-4-7-10-13-16-19-22-25-28-31-34-37-42-55-49(52)46-40-41-47(50(53)56-43-38-35-32-29-26-23-20-17-14-11-8-5-2)48(45-46)51(54)57-44-39-36-33-30-27-24-21-18-15-12-9-6-3/h31-36,40-41,45H,4-30,37-39,42-44H2,1-3H3/b34-31+,35-32+,36-33+. The summed E-state index contributed by atoms with van der Waals surface area (Å²) in [6.45, 7) is 7.38. The van der Waals surface area contributed by atoms with Gasteiger partial charge >= 0.3 is 17.9 Å². The van der Waals surface area contributed by atoms with Crippen molar-refractivity contribution >= 4 is 17.9 Å². The largest absolute Gasteiger partial charge is 0.462 e. The molecule has 6 heteroatoms. The summed E-state index contributed by atoms with van der Waals surface area (Å²) in [6.07, 6.45) is 48.6. The number of benzene rings is 1. The number of ether oxygens (including phenoxy) is 3. The number of unbranched alkanes of at least 4 members (excludes halogenated alkanes) is 24. The summed E-state index contributed by atoms with van der Waals surface area (Å²) in [5.41, 5.74) is 0.317. The quantitative estimate of drug-likeness (QED) is 0.0286. The lowest BCUT2D eigenvalue weighted by Gasteiger charge is -2.11. The van der Waals surface area contributed by atoms with Crippen LogP contribution in [0.15, 0.2) is 54.7 Å². The van der Waals surface area contributed by atoms with Crippen molar-refractivity contribution in [3.05, 3.63) is 71.3 Å². The highest BCUT2D eigenvalue weighted by Crippen LogP contribution is 2.18. The van der Waals surface area contributed by atoms with Crippen LogP contribution in [0.1, 0.15) is 244 Å². The van der Waals surface area contributed by atoms with E-state index in [1.54, 1.807) is 0 Å². The van der Waals surface area contributed by atoms with Gasteiger partial charge in [-0.15, -0.1) is 0 Å². The Morgan fingerprint density at radius 3 is 1.04 bits per heavy atom. The molecule has 1 rings (SSSR count). The molecule has 6 nitrogen and oxygen atoms in total. The molecule has 0 aliphatic heterocycles. The zero-order chi connectivity index (χ0) is 41.3. The van der Waals surface area contributed by atoms with Crippen molar-refractivity contribution in [2.24, 2.45) is 0 Å². The maximum atomic E-state index is 13.3. The second kappa shape index (κ2) is 39.7. The summed E-state index contributed by atoms with van der Waals surface area (Å²) >= 11 is 0. The van der Waals surface area contributed by atoms with Crippen molar-refractivity contribution in [3.8, 4) is 0 Å². The predicted molar refractivity (Wildman–Crippen MR) is 240 cm³/mol. The first kappa shape index (κ1) is 51.9. The van der Waals surface area contributed by atoms with Gasteiger partial charge in [-0.1, -0.05) is 192 Å². The molecule has 0 bridgehead atoms. The lowest BCUT2D eigenvalue weighted by Crippen LogP contribution is -2.17. The van der Waals surface area contributed by atoms with Gasteiger partial charge in [0.05, 0.1) is 36.5 Å². The molecular weight excluding hydrogens is 709 g/mol. The molecule has 324 valence electrons. The van der Waals surface area contributed by atoms with Gasteiger partial charge in [-0.25, -0.2) is 14.4 Å². The molecule has 0 aliphatic carbocycles. The first-order valence-corrected chi connectivity index (χ1v) is 23.6. The maximum absolute atomic E-state index is 13.3. The monoisotopic (exact) mass is 793 g/mol. The Labute approximate surface area is 350 Å². The zero-order valence-electron chi connectivity index (χ0n) is 37.0. The molecular formula is C51H84O6. The first-order chi connectivity index (χ1) is 28.0. The van der Waals surface area contributed by atoms with Gasteiger partial charge in [0.15, 0.2) is 0 Å². The van der Waals surface area contributed by atoms with E-state index in [9.17, 15) is 14.4 Å². The maximum Gasteiger partial charge on any atom is 0.339 e. The van der Waals surface area contributed by atoms with Crippen LogP contribution in [0.5, 0.6) is 0 Å². The highest BCUT2D eigenvalue weighted by molar-refractivity contribution is 6.05. The molecule has 0 N–H and O–H groups in total. The first-order valence-electron chi connectivity index (χ1n) is 23.6. The summed E-state index contributed by atoms with van der Waals surface area (Å²) in [5, 5.41) is 0. The molecule has 0 aliphatic rings.